The second kappa shape index (κ2) is 7.78. The molecular formula is C21H17FN2O3. The number of hydrogen-bond acceptors (Lipinski definition) is 3. The minimum atomic E-state index is -0.571. The lowest BCUT2D eigenvalue weighted by atomic mass is 10.1. The maximum Gasteiger partial charge on any atom is 0.282 e. The van der Waals surface area contributed by atoms with E-state index in [-0.39, 0.29) is 23.6 Å². The fourth-order valence-electron chi connectivity index (χ4n) is 2.74. The molecule has 136 valence electrons. The Morgan fingerprint density at radius 2 is 1.63 bits per heavy atom. The van der Waals surface area contributed by atoms with Crippen LogP contribution in [0.3, 0.4) is 0 Å². The van der Waals surface area contributed by atoms with E-state index < -0.39 is 10.8 Å². The van der Waals surface area contributed by atoms with Crippen molar-refractivity contribution >= 4 is 17.3 Å². The molecule has 0 aliphatic rings. The van der Waals surface area contributed by atoms with Crippen molar-refractivity contribution in [1.29, 1.82) is 0 Å². The Kier molecular flexibility index (Phi) is 5.26. The van der Waals surface area contributed by atoms with Crippen LogP contribution in [0.25, 0.3) is 0 Å². The van der Waals surface area contributed by atoms with Gasteiger partial charge in [0.05, 0.1) is 11.5 Å². The summed E-state index contributed by atoms with van der Waals surface area (Å²) in [6, 6.07) is 18.9. The lowest BCUT2D eigenvalue weighted by molar-refractivity contribution is -0.385. The summed E-state index contributed by atoms with van der Waals surface area (Å²) in [5.41, 5.74) is 2.10. The third-order valence-corrected chi connectivity index (χ3v) is 4.18. The van der Waals surface area contributed by atoms with Crippen LogP contribution in [0.4, 0.5) is 15.8 Å². The summed E-state index contributed by atoms with van der Waals surface area (Å²) in [6.45, 7) is 2.09. The fourth-order valence-corrected chi connectivity index (χ4v) is 2.74. The van der Waals surface area contributed by atoms with Gasteiger partial charge in [-0.1, -0.05) is 42.0 Å². The van der Waals surface area contributed by atoms with Crippen LogP contribution in [-0.4, -0.2) is 10.8 Å². The van der Waals surface area contributed by atoms with Gasteiger partial charge in [0.1, 0.15) is 11.4 Å². The minimum Gasteiger partial charge on any atom is -0.304 e. The third-order valence-electron chi connectivity index (χ3n) is 4.18. The molecule has 0 aliphatic heterocycles. The molecule has 3 aromatic carbocycles. The van der Waals surface area contributed by atoms with Gasteiger partial charge in [0.2, 0.25) is 0 Å². The van der Waals surface area contributed by atoms with Crippen LogP contribution < -0.4 is 4.90 Å². The molecule has 3 aromatic rings. The first-order valence-corrected chi connectivity index (χ1v) is 8.32. The van der Waals surface area contributed by atoms with Gasteiger partial charge in [-0.2, -0.15) is 0 Å². The van der Waals surface area contributed by atoms with Gasteiger partial charge < -0.3 is 4.90 Å². The van der Waals surface area contributed by atoms with Gasteiger partial charge in [0.15, 0.2) is 0 Å². The lowest BCUT2D eigenvalue weighted by Crippen LogP contribution is -2.31. The van der Waals surface area contributed by atoms with E-state index in [1.807, 2.05) is 19.1 Å². The van der Waals surface area contributed by atoms with Gasteiger partial charge in [-0.15, -0.1) is 0 Å². The predicted molar refractivity (Wildman–Crippen MR) is 101 cm³/mol. The number of halogens is 1. The molecule has 0 aromatic heterocycles. The van der Waals surface area contributed by atoms with Crippen molar-refractivity contribution in [3.63, 3.8) is 0 Å². The zero-order valence-corrected chi connectivity index (χ0v) is 14.6. The normalized spacial score (nSPS) is 10.4. The first-order valence-electron chi connectivity index (χ1n) is 8.32. The van der Waals surface area contributed by atoms with Gasteiger partial charge in [-0.3, -0.25) is 14.9 Å². The highest BCUT2D eigenvalue weighted by molar-refractivity contribution is 6.08. The number of amides is 1. The number of benzene rings is 3. The van der Waals surface area contributed by atoms with Crippen LogP contribution in [-0.2, 0) is 6.54 Å². The molecular weight excluding hydrogens is 347 g/mol. The molecule has 3 rings (SSSR count). The Labute approximate surface area is 155 Å². The Hall–Kier alpha value is -3.54. The predicted octanol–water partition coefficient (Wildman–Crippen LogP) is 4.89. The number of hydrogen-bond donors (Lipinski definition) is 0. The van der Waals surface area contributed by atoms with E-state index in [9.17, 15) is 19.3 Å². The average molecular weight is 364 g/mol. The molecule has 0 aliphatic carbocycles. The molecule has 0 N–H and O–H groups in total. The number of para-hydroxylation sites is 1. The van der Waals surface area contributed by atoms with Crippen LogP contribution in [0.15, 0.2) is 72.8 Å². The van der Waals surface area contributed by atoms with E-state index in [2.05, 4.69) is 0 Å². The van der Waals surface area contributed by atoms with Crippen molar-refractivity contribution in [3.8, 4) is 0 Å². The summed E-state index contributed by atoms with van der Waals surface area (Å²) in [4.78, 5) is 25.4. The quantitative estimate of drug-likeness (QED) is 0.478. The molecule has 0 atom stereocenters. The zero-order chi connectivity index (χ0) is 19.4. The van der Waals surface area contributed by atoms with Gasteiger partial charge in [0.25, 0.3) is 11.6 Å². The molecule has 5 nitrogen and oxygen atoms in total. The molecule has 0 unspecified atom stereocenters. The van der Waals surface area contributed by atoms with Gasteiger partial charge in [0, 0.05) is 11.8 Å². The maximum atomic E-state index is 13.2. The summed E-state index contributed by atoms with van der Waals surface area (Å²) >= 11 is 0. The van der Waals surface area contributed by atoms with Crippen molar-refractivity contribution in [1.82, 2.24) is 0 Å². The summed E-state index contributed by atoms with van der Waals surface area (Å²) in [5.74, 6) is -0.860. The number of carbonyl (C=O) groups excluding carboxylic acids is 1. The fraction of sp³-hybridized carbons (Fsp3) is 0.0952. The highest BCUT2D eigenvalue weighted by atomic mass is 19.1. The van der Waals surface area contributed by atoms with Crippen molar-refractivity contribution < 1.29 is 14.1 Å². The number of aryl methyl sites for hydroxylation is 1. The number of nitro groups is 1. The summed E-state index contributed by atoms with van der Waals surface area (Å²) in [6.07, 6.45) is 0. The smallest absolute Gasteiger partial charge is 0.282 e. The Bertz CT molecular complexity index is 969. The van der Waals surface area contributed by atoms with Crippen LogP contribution in [0.1, 0.15) is 21.5 Å². The monoisotopic (exact) mass is 364 g/mol. The molecule has 1 amide bonds. The largest absolute Gasteiger partial charge is 0.304 e. The van der Waals surface area contributed by atoms with E-state index in [4.69, 9.17) is 0 Å². The highest BCUT2D eigenvalue weighted by Gasteiger charge is 2.25. The zero-order valence-electron chi connectivity index (χ0n) is 14.6. The summed E-state index contributed by atoms with van der Waals surface area (Å²) < 4.78 is 13.2. The molecule has 0 radical (unpaired) electrons. The number of nitro benzene ring substituents is 1. The van der Waals surface area contributed by atoms with Crippen molar-refractivity contribution in [2.75, 3.05) is 4.90 Å². The van der Waals surface area contributed by atoms with E-state index >= 15 is 0 Å². The highest BCUT2D eigenvalue weighted by Crippen LogP contribution is 2.25. The van der Waals surface area contributed by atoms with Gasteiger partial charge in [-0.25, -0.2) is 4.39 Å². The first kappa shape index (κ1) is 18.3. The number of anilines is 1. The minimum absolute atomic E-state index is 0.00480. The van der Waals surface area contributed by atoms with E-state index in [1.165, 1.54) is 35.2 Å². The number of carbonyl (C=O) groups is 1. The van der Waals surface area contributed by atoms with E-state index in [1.54, 1.807) is 30.3 Å². The molecule has 0 fully saturated rings. The Morgan fingerprint density at radius 3 is 2.26 bits per heavy atom. The van der Waals surface area contributed by atoms with Crippen molar-refractivity contribution in [2.45, 2.75) is 13.5 Å². The number of nitrogens with zero attached hydrogens (tertiary/aromatic N) is 2. The topological polar surface area (TPSA) is 63.5 Å². The lowest BCUT2D eigenvalue weighted by Gasteiger charge is -2.23. The third kappa shape index (κ3) is 4.17. The van der Waals surface area contributed by atoms with Crippen LogP contribution >= 0.6 is 0 Å². The molecule has 6 heteroatoms. The van der Waals surface area contributed by atoms with Crippen LogP contribution in [0, 0.1) is 22.9 Å². The first-order chi connectivity index (χ1) is 13.0. The Balaban J connectivity index is 2.03. The summed E-state index contributed by atoms with van der Waals surface area (Å²) in [5, 5.41) is 11.3. The molecule has 0 saturated carbocycles. The Morgan fingerprint density at radius 1 is 1.00 bits per heavy atom. The average Bonchev–Trinajstić information content (AvgIpc) is 2.68. The second-order valence-electron chi connectivity index (χ2n) is 6.13. The molecule has 27 heavy (non-hydrogen) atoms. The molecule has 0 heterocycles. The maximum absolute atomic E-state index is 13.2. The standard InChI is InChI=1S/C21H17FN2O3/c1-15-6-12-18(13-7-15)23(14-16-8-10-17(22)11-9-16)21(25)19-4-2-3-5-20(19)24(26)27/h2-13H,14H2,1H3. The molecule has 0 spiro atoms. The SMILES string of the molecule is Cc1ccc(N(Cc2ccc(F)cc2)C(=O)c2ccccc2[N+](=O)[O-])cc1. The van der Waals surface area contributed by atoms with E-state index in [0.717, 1.165) is 5.56 Å². The summed E-state index contributed by atoms with van der Waals surface area (Å²) in [7, 11) is 0. The molecule has 0 bridgehead atoms. The van der Waals surface area contributed by atoms with Gasteiger partial charge >= 0.3 is 0 Å². The van der Waals surface area contributed by atoms with Crippen molar-refractivity contribution in [3.05, 3.63) is 105 Å². The van der Waals surface area contributed by atoms with E-state index in [0.29, 0.717) is 11.3 Å². The molecule has 0 saturated heterocycles. The van der Waals surface area contributed by atoms with Crippen molar-refractivity contribution in [2.24, 2.45) is 0 Å². The second-order valence-corrected chi connectivity index (χ2v) is 6.13. The van der Waals surface area contributed by atoms with Crippen LogP contribution in [0.2, 0.25) is 0 Å². The van der Waals surface area contributed by atoms with Gasteiger partial charge in [-0.05, 0) is 42.8 Å². The number of rotatable bonds is 5. The van der Waals surface area contributed by atoms with Crippen LogP contribution in [0.5, 0.6) is 0 Å².